The van der Waals surface area contributed by atoms with E-state index in [0.717, 1.165) is 29.7 Å². The second-order valence-corrected chi connectivity index (χ2v) is 11.6. The monoisotopic (exact) mass is 585 g/mol. The van der Waals surface area contributed by atoms with Crippen LogP contribution in [0.3, 0.4) is 0 Å². The quantitative estimate of drug-likeness (QED) is 0.246. The zero-order valence-corrected chi connectivity index (χ0v) is 26.1. The first-order valence-electron chi connectivity index (χ1n) is 14.9. The van der Waals surface area contributed by atoms with E-state index in [-0.39, 0.29) is 17.7 Å². The van der Waals surface area contributed by atoms with E-state index >= 15 is 0 Å². The van der Waals surface area contributed by atoms with Crippen LogP contribution >= 0.6 is 0 Å². The first-order chi connectivity index (χ1) is 20.5. The topological polar surface area (TPSA) is 95.1 Å². The number of nitrogens with zero attached hydrogens (tertiary/aromatic N) is 4. The highest BCUT2D eigenvalue weighted by Crippen LogP contribution is 2.40. The smallest absolute Gasteiger partial charge is 0.253 e. The van der Waals surface area contributed by atoms with Crippen molar-refractivity contribution in [1.29, 1.82) is 0 Å². The Labute approximate surface area is 254 Å². The number of pyridine rings is 1. The van der Waals surface area contributed by atoms with Crippen LogP contribution in [0.4, 0.5) is 11.4 Å². The lowest BCUT2D eigenvalue weighted by Gasteiger charge is -2.27. The minimum Gasteiger partial charge on any atom is -0.494 e. The molecule has 228 valence electrons. The van der Waals surface area contributed by atoms with Gasteiger partial charge in [0, 0.05) is 63.8 Å². The van der Waals surface area contributed by atoms with Gasteiger partial charge in [0.15, 0.2) is 0 Å². The van der Waals surface area contributed by atoms with E-state index in [1.165, 1.54) is 0 Å². The molecule has 0 unspecified atom stereocenters. The Balaban J connectivity index is 1.25. The molecule has 4 rings (SSSR count). The van der Waals surface area contributed by atoms with Gasteiger partial charge in [-0.3, -0.25) is 19.4 Å². The molecule has 0 saturated heterocycles. The number of likely N-dealkylation sites (N-methyl/N-ethyl adjacent to an activating group) is 1. The van der Waals surface area contributed by atoms with Gasteiger partial charge in [-0.2, -0.15) is 0 Å². The highest BCUT2D eigenvalue weighted by Gasteiger charge is 2.45. The van der Waals surface area contributed by atoms with Gasteiger partial charge < -0.3 is 24.8 Å². The van der Waals surface area contributed by atoms with Crippen molar-refractivity contribution in [1.82, 2.24) is 15.2 Å². The molecule has 1 aliphatic rings. The molecule has 2 aromatic carbocycles. The summed E-state index contributed by atoms with van der Waals surface area (Å²) in [5.74, 6) is 0.224. The van der Waals surface area contributed by atoms with Gasteiger partial charge in [-0.1, -0.05) is 17.7 Å². The molecule has 9 heteroatoms. The summed E-state index contributed by atoms with van der Waals surface area (Å²) < 4.78 is 6.04. The molecule has 0 saturated carbocycles. The van der Waals surface area contributed by atoms with E-state index in [2.05, 4.69) is 16.4 Å². The normalized spacial score (nSPS) is 14.4. The van der Waals surface area contributed by atoms with Crippen LogP contribution in [-0.4, -0.2) is 67.9 Å². The van der Waals surface area contributed by atoms with Crippen molar-refractivity contribution in [3.05, 3.63) is 83.2 Å². The zero-order chi connectivity index (χ0) is 31.1. The Bertz CT molecular complexity index is 1450. The van der Waals surface area contributed by atoms with Crippen molar-refractivity contribution in [3.8, 4) is 5.75 Å². The van der Waals surface area contributed by atoms with Crippen LogP contribution in [0.1, 0.15) is 54.4 Å². The molecule has 1 N–H and O–H groups in total. The molecule has 1 aromatic heterocycles. The maximum atomic E-state index is 13.1. The number of hydrogen-bond donors (Lipinski definition) is 1. The Morgan fingerprint density at radius 3 is 2.49 bits per heavy atom. The molecule has 43 heavy (non-hydrogen) atoms. The van der Waals surface area contributed by atoms with Gasteiger partial charge in [0.25, 0.3) is 5.91 Å². The number of nitrogens with one attached hydrogen (secondary N) is 1. The fraction of sp³-hybridized carbons (Fsp3) is 0.412. The summed E-state index contributed by atoms with van der Waals surface area (Å²) in [6.07, 6.45) is 3.35. The maximum absolute atomic E-state index is 13.1. The molecule has 3 aromatic rings. The second-order valence-electron chi connectivity index (χ2n) is 11.6. The van der Waals surface area contributed by atoms with Gasteiger partial charge in [0.1, 0.15) is 11.2 Å². The largest absolute Gasteiger partial charge is 0.494 e. The summed E-state index contributed by atoms with van der Waals surface area (Å²) in [5, 5.41) is 3.42. The molecule has 0 atom stereocenters. The molecule has 2 heterocycles. The fourth-order valence-electron chi connectivity index (χ4n) is 5.19. The maximum Gasteiger partial charge on any atom is 0.253 e. The van der Waals surface area contributed by atoms with Crippen molar-refractivity contribution in [3.63, 3.8) is 0 Å². The average Bonchev–Trinajstić information content (AvgIpc) is 3.05. The Kier molecular flexibility index (Phi) is 10.2. The number of aromatic nitrogens is 1. The molecule has 0 fully saturated rings. The predicted octanol–water partition coefficient (Wildman–Crippen LogP) is 4.62. The first kappa shape index (κ1) is 31.7. The van der Waals surface area contributed by atoms with Gasteiger partial charge in [-0.15, -0.1) is 0 Å². The summed E-state index contributed by atoms with van der Waals surface area (Å²) >= 11 is 0. The average molecular weight is 586 g/mol. The van der Waals surface area contributed by atoms with Crippen molar-refractivity contribution >= 4 is 29.1 Å². The van der Waals surface area contributed by atoms with Gasteiger partial charge in [0.05, 0.1) is 18.0 Å². The van der Waals surface area contributed by atoms with Crippen LogP contribution in [0.25, 0.3) is 0 Å². The van der Waals surface area contributed by atoms with Crippen molar-refractivity contribution in [2.75, 3.05) is 50.1 Å². The molecule has 0 aliphatic carbocycles. The number of hydrogen-bond acceptors (Lipinski definition) is 6. The number of ether oxygens (including phenoxy) is 1. The molecular weight excluding hydrogens is 542 g/mol. The summed E-state index contributed by atoms with van der Waals surface area (Å²) in [6, 6.07) is 17.3. The fourth-order valence-corrected chi connectivity index (χ4v) is 5.19. The predicted molar refractivity (Wildman–Crippen MR) is 170 cm³/mol. The van der Waals surface area contributed by atoms with E-state index in [1.54, 1.807) is 35.6 Å². The van der Waals surface area contributed by atoms with Crippen LogP contribution < -0.4 is 19.9 Å². The molecule has 0 radical (unpaired) electrons. The Morgan fingerprint density at radius 2 is 1.77 bits per heavy atom. The van der Waals surface area contributed by atoms with E-state index in [0.29, 0.717) is 55.5 Å². The highest BCUT2D eigenvalue weighted by atomic mass is 16.5. The van der Waals surface area contributed by atoms with Crippen LogP contribution in [0.5, 0.6) is 5.75 Å². The summed E-state index contributed by atoms with van der Waals surface area (Å²) in [4.78, 5) is 48.2. The highest BCUT2D eigenvalue weighted by molar-refractivity contribution is 6.20. The van der Waals surface area contributed by atoms with Crippen molar-refractivity contribution in [2.45, 2.75) is 47.1 Å². The number of carbonyl (C=O) groups is 3. The van der Waals surface area contributed by atoms with E-state index in [4.69, 9.17) is 4.74 Å². The lowest BCUT2D eigenvalue weighted by Crippen LogP contribution is -2.47. The third-order valence-corrected chi connectivity index (χ3v) is 7.86. The van der Waals surface area contributed by atoms with E-state index in [1.807, 2.05) is 75.6 Å². The summed E-state index contributed by atoms with van der Waals surface area (Å²) in [6.45, 7) is 10.2. The van der Waals surface area contributed by atoms with Crippen LogP contribution in [0, 0.1) is 12.3 Å². The van der Waals surface area contributed by atoms with Gasteiger partial charge in [0.2, 0.25) is 11.8 Å². The number of carbonyl (C=O) groups excluding carboxylic acids is 3. The SMILES string of the molecule is CCN1C(=O)C(C)(C)C(=O)N(C)c2cc(OCCCc3cc(CNCCN(C)C(=O)c4ccc(C)cc4)ccn3)ccc21. The van der Waals surface area contributed by atoms with Gasteiger partial charge in [-0.25, -0.2) is 0 Å². The van der Waals surface area contributed by atoms with Crippen LogP contribution in [0.15, 0.2) is 60.8 Å². The lowest BCUT2D eigenvalue weighted by molar-refractivity contribution is -0.137. The molecular formula is C34H43N5O4. The summed E-state index contributed by atoms with van der Waals surface area (Å²) in [5.41, 5.74) is 4.18. The number of rotatable bonds is 12. The minimum atomic E-state index is -1.14. The Hall–Kier alpha value is -4.24. The standard InChI is InChI=1S/C34H43N5O4/c1-7-39-29-15-14-28(22-30(29)38(6)32(41)34(3,4)33(39)42)43-20-8-9-27-21-25(16-17-36-27)23-35-18-19-37(5)31(40)26-12-10-24(2)11-13-26/h10-17,21-22,35H,7-9,18-20,23H2,1-6H3. The minimum absolute atomic E-state index is 0.0172. The molecule has 1 aliphatic heterocycles. The van der Waals surface area contributed by atoms with Gasteiger partial charge >= 0.3 is 0 Å². The Morgan fingerprint density at radius 1 is 1.02 bits per heavy atom. The summed E-state index contributed by atoms with van der Waals surface area (Å²) in [7, 11) is 3.52. The third kappa shape index (κ3) is 7.40. The third-order valence-electron chi connectivity index (χ3n) is 7.86. The number of fused-ring (bicyclic) bond motifs is 1. The van der Waals surface area contributed by atoms with Crippen molar-refractivity contribution < 1.29 is 19.1 Å². The number of amides is 3. The van der Waals surface area contributed by atoms with Crippen molar-refractivity contribution in [2.24, 2.45) is 5.41 Å². The molecule has 3 amide bonds. The number of anilines is 2. The molecule has 0 spiro atoms. The second kappa shape index (κ2) is 13.8. The number of benzene rings is 2. The number of aryl methyl sites for hydroxylation is 2. The van der Waals surface area contributed by atoms with E-state index < -0.39 is 5.41 Å². The van der Waals surface area contributed by atoms with E-state index in [9.17, 15) is 14.4 Å². The first-order valence-corrected chi connectivity index (χ1v) is 14.9. The van der Waals surface area contributed by atoms with Crippen LogP contribution in [0.2, 0.25) is 0 Å². The zero-order valence-electron chi connectivity index (χ0n) is 26.1. The van der Waals surface area contributed by atoms with Crippen LogP contribution in [-0.2, 0) is 22.6 Å². The van der Waals surface area contributed by atoms with Gasteiger partial charge in [-0.05, 0) is 82.5 Å². The molecule has 9 nitrogen and oxygen atoms in total. The lowest BCUT2D eigenvalue weighted by atomic mass is 9.90. The molecule has 0 bridgehead atoms.